The van der Waals surface area contributed by atoms with Gasteiger partial charge in [0.1, 0.15) is 12.4 Å². The van der Waals surface area contributed by atoms with E-state index in [0.717, 1.165) is 12.0 Å². The van der Waals surface area contributed by atoms with E-state index in [1.54, 1.807) is 24.5 Å². The number of pyridine rings is 1. The van der Waals surface area contributed by atoms with E-state index in [4.69, 9.17) is 0 Å². The van der Waals surface area contributed by atoms with E-state index in [9.17, 15) is 9.59 Å². The molecule has 1 aliphatic rings. The fourth-order valence-corrected chi connectivity index (χ4v) is 2.28. The molecule has 2 N–H and O–H groups in total. The lowest BCUT2D eigenvalue weighted by atomic mass is 10.1. The maximum atomic E-state index is 12.2. The summed E-state index contributed by atoms with van der Waals surface area (Å²) < 4.78 is 0. The van der Waals surface area contributed by atoms with Crippen LogP contribution in [-0.2, 0) is 4.79 Å². The zero-order chi connectivity index (χ0) is 15.4. The van der Waals surface area contributed by atoms with Crippen LogP contribution < -0.4 is 10.6 Å². The summed E-state index contributed by atoms with van der Waals surface area (Å²) in [6.45, 7) is 0.667. The van der Waals surface area contributed by atoms with Gasteiger partial charge >= 0.3 is 0 Å². The van der Waals surface area contributed by atoms with Crippen LogP contribution in [0.4, 0.5) is 0 Å². The second-order valence-electron chi connectivity index (χ2n) is 5.02. The molecule has 1 saturated heterocycles. The normalized spacial score (nSPS) is 17.6. The van der Waals surface area contributed by atoms with Gasteiger partial charge in [0.25, 0.3) is 5.91 Å². The van der Waals surface area contributed by atoms with Crippen molar-refractivity contribution >= 4 is 11.8 Å². The Morgan fingerprint density at radius 2 is 2.05 bits per heavy atom. The number of amides is 2. The Morgan fingerprint density at radius 3 is 2.73 bits per heavy atom. The molecule has 7 nitrogen and oxygen atoms in total. The van der Waals surface area contributed by atoms with Gasteiger partial charge in [-0.05, 0) is 25.0 Å². The maximum absolute atomic E-state index is 12.2. The first-order valence-corrected chi connectivity index (χ1v) is 7.04. The molecule has 0 unspecified atom stereocenters. The molecule has 2 amide bonds. The van der Waals surface area contributed by atoms with Crippen LogP contribution >= 0.6 is 0 Å². The van der Waals surface area contributed by atoms with Crippen molar-refractivity contribution in [2.24, 2.45) is 0 Å². The number of nitrogens with zero attached hydrogens (tertiary/aromatic N) is 3. The molecule has 0 saturated carbocycles. The van der Waals surface area contributed by atoms with Crippen LogP contribution in [0.5, 0.6) is 0 Å². The van der Waals surface area contributed by atoms with Crippen molar-refractivity contribution in [3.8, 4) is 11.3 Å². The van der Waals surface area contributed by atoms with Gasteiger partial charge in [0.05, 0.1) is 11.3 Å². The van der Waals surface area contributed by atoms with E-state index in [0.29, 0.717) is 24.2 Å². The largest absolute Gasteiger partial charge is 0.354 e. The molecular formula is C15H15N5O2. The van der Waals surface area contributed by atoms with Crippen molar-refractivity contribution in [2.45, 2.75) is 18.9 Å². The second kappa shape index (κ2) is 6.30. The first kappa shape index (κ1) is 14.1. The summed E-state index contributed by atoms with van der Waals surface area (Å²) in [4.78, 5) is 35.9. The van der Waals surface area contributed by atoms with Gasteiger partial charge in [0.2, 0.25) is 5.91 Å². The van der Waals surface area contributed by atoms with E-state index in [1.165, 1.54) is 12.5 Å². The van der Waals surface area contributed by atoms with Crippen LogP contribution in [0.3, 0.4) is 0 Å². The number of carbonyl (C=O) groups excluding carboxylic acids is 2. The first-order chi connectivity index (χ1) is 10.7. The van der Waals surface area contributed by atoms with E-state index >= 15 is 0 Å². The lowest BCUT2D eigenvalue weighted by Crippen LogP contribution is -2.50. The molecule has 0 radical (unpaired) electrons. The minimum Gasteiger partial charge on any atom is -0.354 e. The van der Waals surface area contributed by atoms with Gasteiger partial charge in [-0.15, -0.1) is 0 Å². The number of rotatable bonds is 3. The average molecular weight is 297 g/mol. The van der Waals surface area contributed by atoms with E-state index < -0.39 is 6.04 Å². The number of aromatic nitrogens is 3. The fraction of sp³-hybridized carbons (Fsp3) is 0.267. The number of nitrogens with one attached hydrogen (secondary N) is 2. The number of piperidine rings is 1. The van der Waals surface area contributed by atoms with Crippen LogP contribution in [0.2, 0.25) is 0 Å². The Hall–Kier alpha value is -2.83. The molecule has 0 aromatic carbocycles. The molecule has 2 aromatic heterocycles. The van der Waals surface area contributed by atoms with Crippen LogP contribution in [0, 0.1) is 0 Å². The van der Waals surface area contributed by atoms with Gasteiger partial charge in [-0.25, -0.2) is 9.97 Å². The molecule has 0 aliphatic carbocycles. The van der Waals surface area contributed by atoms with Gasteiger partial charge in [-0.3, -0.25) is 14.6 Å². The Balaban J connectivity index is 1.70. The summed E-state index contributed by atoms with van der Waals surface area (Å²) in [5, 5.41) is 5.46. The molecule has 3 rings (SSSR count). The highest BCUT2D eigenvalue weighted by Gasteiger charge is 2.24. The highest BCUT2D eigenvalue weighted by Crippen LogP contribution is 2.14. The molecule has 0 spiro atoms. The van der Waals surface area contributed by atoms with Crippen LogP contribution in [0.15, 0.2) is 37.1 Å². The van der Waals surface area contributed by atoms with Crippen molar-refractivity contribution in [2.75, 3.05) is 6.54 Å². The molecule has 1 atom stereocenters. The van der Waals surface area contributed by atoms with Gasteiger partial charge in [-0.1, -0.05) is 0 Å². The van der Waals surface area contributed by atoms with Crippen molar-refractivity contribution in [3.05, 3.63) is 42.6 Å². The monoisotopic (exact) mass is 297 g/mol. The lowest BCUT2D eigenvalue weighted by molar-refractivity contribution is -0.124. The maximum Gasteiger partial charge on any atom is 0.253 e. The van der Waals surface area contributed by atoms with Crippen LogP contribution in [0.25, 0.3) is 11.3 Å². The highest BCUT2D eigenvalue weighted by atomic mass is 16.2. The predicted molar refractivity (Wildman–Crippen MR) is 78.8 cm³/mol. The summed E-state index contributed by atoms with van der Waals surface area (Å²) >= 11 is 0. The minimum absolute atomic E-state index is 0.134. The summed E-state index contributed by atoms with van der Waals surface area (Å²) in [6, 6.07) is 2.93. The third kappa shape index (κ3) is 3.08. The molecule has 2 aromatic rings. The second-order valence-corrected chi connectivity index (χ2v) is 5.02. The standard InChI is InChI=1S/C15H15N5O2/c21-14(20-13-2-1-5-18-15(13)22)10-3-4-12(19-8-10)11-6-16-9-17-7-11/h3-4,6-9,13H,1-2,5H2,(H,18,22)(H,20,21)/t13-/m0/s1. The topological polar surface area (TPSA) is 96.9 Å². The third-order valence-corrected chi connectivity index (χ3v) is 3.47. The number of hydrogen-bond donors (Lipinski definition) is 2. The van der Waals surface area contributed by atoms with E-state index in [-0.39, 0.29) is 11.8 Å². The SMILES string of the molecule is O=C(N[C@H]1CCCNC1=O)c1ccc(-c2cncnc2)nc1. The molecule has 7 heteroatoms. The van der Waals surface area contributed by atoms with Gasteiger partial charge in [-0.2, -0.15) is 0 Å². The van der Waals surface area contributed by atoms with Crippen molar-refractivity contribution < 1.29 is 9.59 Å². The Morgan fingerprint density at radius 1 is 1.23 bits per heavy atom. The number of carbonyl (C=O) groups is 2. The number of hydrogen-bond acceptors (Lipinski definition) is 5. The Bertz CT molecular complexity index is 672. The van der Waals surface area contributed by atoms with E-state index in [2.05, 4.69) is 25.6 Å². The molecular weight excluding hydrogens is 282 g/mol. The minimum atomic E-state index is -0.469. The van der Waals surface area contributed by atoms with E-state index in [1.807, 2.05) is 0 Å². The molecule has 22 heavy (non-hydrogen) atoms. The molecule has 1 fully saturated rings. The summed E-state index contributed by atoms with van der Waals surface area (Å²) in [5.74, 6) is -0.434. The Kier molecular flexibility index (Phi) is 4.04. The highest BCUT2D eigenvalue weighted by molar-refractivity contribution is 5.97. The fourth-order valence-electron chi connectivity index (χ4n) is 2.28. The van der Waals surface area contributed by atoms with Crippen LogP contribution in [-0.4, -0.2) is 39.4 Å². The molecule has 3 heterocycles. The molecule has 0 bridgehead atoms. The quantitative estimate of drug-likeness (QED) is 0.862. The van der Waals surface area contributed by atoms with Gasteiger partial charge < -0.3 is 10.6 Å². The summed E-state index contributed by atoms with van der Waals surface area (Å²) in [7, 11) is 0. The average Bonchev–Trinajstić information content (AvgIpc) is 2.58. The summed E-state index contributed by atoms with van der Waals surface area (Å²) in [5.41, 5.74) is 1.88. The summed E-state index contributed by atoms with van der Waals surface area (Å²) in [6.07, 6.45) is 7.76. The third-order valence-electron chi connectivity index (χ3n) is 3.47. The van der Waals surface area contributed by atoms with Crippen LogP contribution in [0.1, 0.15) is 23.2 Å². The van der Waals surface area contributed by atoms with Gasteiger partial charge in [0.15, 0.2) is 0 Å². The zero-order valence-corrected chi connectivity index (χ0v) is 11.8. The zero-order valence-electron chi connectivity index (χ0n) is 11.8. The first-order valence-electron chi connectivity index (χ1n) is 7.04. The van der Waals surface area contributed by atoms with Crippen molar-refractivity contribution in [1.29, 1.82) is 0 Å². The lowest BCUT2D eigenvalue weighted by Gasteiger charge is -2.22. The van der Waals surface area contributed by atoms with Gasteiger partial charge in [0, 0.05) is 30.7 Å². The Labute approximate surface area is 127 Å². The molecule has 1 aliphatic heterocycles. The molecule has 112 valence electrons. The predicted octanol–water partition coefficient (Wildman–Crippen LogP) is 0.547. The van der Waals surface area contributed by atoms with Crippen molar-refractivity contribution in [1.82, 2.24) is 25.6 Å². The smallest absolute Gasteiger partial charge is 0.253 e. The van der Waals surface area contributed by atoms with Crippen molar-refractivity contribution in [3.63, 3.8) is 0 Å².